The first-order valence-electron chi connectivity index (χ1n) is 8.03. The van der Waals surface area contributed by atoms with E-state index >= 15 is 0 Å². The van der Waals surface area contributed by atoms with Crippen molar-refractivity contribution in [3.8, 4) is 17.2 Å². The van der Waals surface area contributed by atoms with Crippen LogP contribution >= 0.6 is 0 Å². The molecule has 28 heavy (non-hydrogen) atoms. The van der Waals surface area contributed by atoms with Gasteiger partial charge in [0.1, 0.15) is 10.6 Å². The van der Waals surface area contributed by atoms with E-state index in [9.17, 15) is 13.2 Å². The van der Waals surface area contributed by atoms with Crippen LogP contribution in [0.25, 0.3) is 6.08 Å². The van der Waals surface area contributed by atoms with Crippen molar-refractivity contribution in [1.82, 2.24) is 0 Å². The quantitative estimate of drug-likeness (QED) is 0.530. The summed E-state index contributed by atoms with van der Waals surface area (Å²) in [6.07, 6.45) is 2.59. The van der Waals surface area contributed by atoms with Crippen molar-refractivity contribution < 1.29 is 32.2 Å². The van der Waals surface area contributed by atoms with E-state index in [1.807, 2.05) is 0 Å². The second-order valence-electron chi connectivity index (χ2n) is 5.45. The first-order chi connectivity index (χ1) is 13.3. The highest BCUT2D eigenvalue weighted by Crippen LogP contribution is 2.37. The van der Waals surface area contributed by atoms with Crippen LogP contribution in [0.5, 0.6) is 17.2 Å². The SMILES string of the molecule is COC(=O)/C=C/c1cc(OC)c(OC)c(S(=O)(=O)Nc2ccc(OC)cc2)c1. The van der Waals surface area contributed by atoms with Gasteiger partial charge in [0.05, 0.1) is 28.4 Å². The highest BCUT2D eigenvalue weighted by Gasteiger charge is 2.24. The maximum absolute atomic E-state index is 13.0. The normalized spacial score (nSPS) is 11.1. The summed E-state index contributed by atoms with van der Waals surface area (Å²) in [7, 11) is 1.47. The lowest BCUT2D eigenvalue weighted by Gasteiger charge is -2.15. The summed E-state index contributed by atoms with van der Waals surface area (Å²) in [6, 6.07) is 9.32. The zero-order chi connectivity index (χ0) is 20.7. The molecular weight excluding hydrogens is 386 g/mol. The van der Waals surface area contributed by atoms with E-state index in [4.69, 9.17) is 14.2 Å². The molecule has 0 fully saturated rings. The topological polar surface area (TPSA) is 100 Å². The smallest absolute Gasteiger partial charge is 0.330 e. The lowest BCUT2D eigenvalue weighted by molar-refractivity contribution is -0.134. The van der Waals surface area contributed by atoms with Crippen molar-refractivity contribution in [3.63, 3.8) is 0 Å². The lowest BCUT2D eigenvalue weighted by atomic mass is 10.2. The zero-order valence-corrected chi connectivity index (χ0v) is 16.7. The van der Waals surface area contributed by atoms with Gasteiger partial charge < -0.3 is 18.9 Å². The third kappa shape index (κ3) is 4.95. The van der Waals surface area contributed by atoms with Gasteiger partial charge in [0.15, 0.2) is 11.5 Å². The first-order valence-corrected chi connectivity index (χ1v) is 9.52. The Kier molecular flexibility index (Phi) is 6.89. The molecule has 0 saturated carbocycles. The van der Waals surface area contributed by atoms with Gasteiger partial charge in [0, 0.05) is 11.8 Å². The fraction of sp³-hybridized carbons (Fsp3) is 0.211. The number of methoxy groups -OCH3 is 4. The van der Waals surface area contributed by atoms with Crippen molar-refractivity contribution in [1.29, 1.82) is 0 Å². The molecule has 8 nitrogen and oxygen atoms in total. The summed E-state index contributed by atoms with van der Waals surface area (Å²) in [5.41, 5.74) is 0.760. The van der Waals surface area contributed by atoms with E-state index < -0.39 is 16.0 Å². The number of carbonyl (C=O) groups excluding carboxylic acids is 1. The number of carbonyl (C=O) groups is 1. The Balaban J connectivity index is 2.49. The number of benzene rings is 2. The van der Waals surface area contributed by atoms with Crippen molar-refractivity contribution >= 4 is 27.8 Å². The monoisotopic (exact) mass is 407 g/mol. The molecule has 0 radical (unpaired) electrons. The maximum atomic E-state index is 13.0. The number of ether oxygens (including phenoxy) is 4. The number of esters is 1. The van der Waals surface area contributed by atoms with E-state index in [1.165, 1.54) is 46.7 Å². The van der Waals surface area contributed by atoms with Gasteiger partial charge in [-0.2, -0.15) is 0 Å². The van der Waals surface area contributed by atoms with Crippen molar-refractivity contribution in [2.75, 3.05) is 33.2 Å². The molecule has 0 aliphatic rings. The minimum atomic E-state index is -4.02. The van der Waals surface area contributed by atoms with Crippen LogP contribution in [-0.4, -0.2) is 42.8 Å². The van der Waals surface area contributed by atoms with E-state index in [0.29, 0.717) is 17.0 Å². The third-order valence-electron chi connectivity index (χ3n) is 3.71. The summed E-state index contributed by atoms with van der Waals surface area (Å²) >= 11 is 0. The summed E-state index contributed by atoms with van der Waals surface area (Å²) in [5, 5.41) is 0. The number of hydrogen-bond acceptors (Lipinski definition) is 7. The zero-order valence-electron chi connectivity index (χ0n) is 15.9. The van der Waals surface area contributed by atoms with Crippen LogP contribution in [0.4, 0.5) is 5.69 Å². The van der Waals surface area contributed by atoms with Gasteiger partial charge in [-0.25, -0.2) is 13.2 Å². The molecule has 0 heterocycles. The number of anilines is 1. The molecule has 0 unspecified atom stereocenters. The fourth-order valence-corrected chi connectivity index (χ4v) is 3.62. The minimum absolute atomic E-state index is 0.0405. The van der Waals surface area contributed by atoms with Gasteiger partial charge in [-0.1, -0.05) is 0 Å². The predicted molar refractivity (Wildman–Crippen MR) is 104 cm³/mol. The van der Waals surface area contributed by atoms with Crippen LogP contribution in [-0.2, 0) is 19.6 Å². The molecule has 0 atom stereocenters. The van der Waals surface area contributed by atoms with E-state index in [1.54, 1.807) is 30.3 Å². The molecule has 0 aliphatic carbocycles. The molecule has 1 N–H and O–H groups in total. The average molecular weight is 407 g/mol. The van der Waals surface area contributed by atoms with Gasteiger partial charge in [0.25, 0.3) is 10.0 Å². The predicted octanol–water partition coefficient (Wildman–Crippen LogP) is 2.70. The lowest BCUT2D eigenvalue weighted by Crippen LogP contribution is -2.14. The number of sulfonamides is 1. The molecule has 2 rings (SSSR count). The number of rotatable bonds is 8. The Labute approximate surface area is 163 Å². The summed E-state index contributed by atoms with van der Waals surface area (Å²) in [4.78, 5) is 11.2. The van der Waals surface area contributed by atoms with Crippen LogP contribution in [0.3, 0.4) is 0 Å². The highest BCUT2D eigenvalue weighted by atomic mass is 32.2. The average Bonchev–Trinajstić information content (AvgIpc) is 2.71. The molecule has 2 aromatic rings. The van der Waals surface area contributed by atoms with Crippen LogP contribution < -0.4 is 18.9 Å². The van der Waals surface area contributed by atoms with Crippen LogP contribution in [0.1, 0.15) is 5.56 Å². The maximum Gasteiger partial charge on any atom is 0.330 e. The molecule has 0 spiro atoms. The molecular formula is C19H21NO7S. The Morgan fingerprint density at radius 3 is 2.18 bits per heavy atom. The molecule has 9 heteroatoms. The van der Waals surface area contributed by atoms with E-state index in [2.05, 4.69) is 9.46 Å². The summed E-state index contributed by atoms with van der Waals surface area (Å²) < 4.78 is 48.5. The van der Waals surface area contributed by atoms with E-state index in [-0.39, 0.29) is 16.4 Å². The molecule has 0 aromatic heterocycles. The molecule has 0 amide bonds. The van der Waals surface area contributed by atoms with Gasteiger partial charge >= 0.3 is 5.97 Å². The first kappa shape index (κ1) is 21.1. The Morgan fingerprint density at radius 1 is 0.964 bits per heavy atom. The fourth-order valence-electron chi connectivity index (χ4n) is 2.35. The van der Waals surface area contributed by atoms with E-state index in [0.717, 1.165) is 0 Å². The third-order valence-corrected chi connectivity index (χ3v) is 5.10. The minimum Gasteiger partial charge on any atom is -0.497 e. The summed E-state index contributed by atoms with van der Waals surface area (Å²) in [5.74, 6) is 0.260. The van der Waals surface area contributed by atoms with Crippen LogP contribution in [0.15, 0.2) is 47.4 Å². The second kappa shape index (κ2) is 9.14. The van der Waals surface area contributed by atoms with Crippen molar-refractivity contribution in [3.05, 3.63) is 48.0 Å². The van der Waals surface area contributed by atoms with Crippen molar-refractivity contribution in [2.24, 2.45) is 0 Å². The van der Waals surface area contributed by atoms with Crippen LogP contribution in [0, 0.1) is 0 Å². The number of hydrogen-bond donors (Lipinski definition) is 1. The Morgan fingerprint density at radius 2 is 1.64 bits per heavy atom. The van der Waals surface area contributed by atoms with Gasteiger partial charge in [-0.05, 0) is 48.0 Å². The Hall–Kier alpha value is -3.20. The standard InChI is InChI=1S/C19H21NO7S/c1-24-15-8-6-14(7-9-15)20-28(22,23)17-12-13(5-10-18(21)26-3)11-16(25-2)19(17)27-4/h5-12,20H,1-4H3/b10-5+. The summed E-state index contributed by atoms with van der Waals surface area (Å²) in [6.45, 7) is 0. The second-order valence-corrected chi connectivity index (χ2v) is 7.10. The Bertz CT molecular complexity index is 967. The molecule has 2 aromatic carbocycles. The van der Waals surface area contributed by atoms with Gasteiger partial charge in [-0.3, -0.25) is 4.72 Å². The molecule has 0 saturated heterocycles. The highest BCUT2D eigenvalue weighted by molar-refractivity contribution is 7.92. The van der Waals surface area contributed by atoms with Gasteiger partial charge in [-0.15, -0.1) is 0 Å². The molecule has 150 valence electrons. The molecule has 0 aliphatic heterocycles. The largest absolute Gasteiger partial charge is 0.497 e. The number of nitrogens with one attached hydrogen (secondary N) is 1. The van der Waals surface area contributed by atoms with Crippen LogP contribution in [0.2, 0.25) is 0 Å². The molecule has 0 bridgehead atoms. The van der Waals surface area contributed by atoms with Gasteiger partial charge in [0.2, 0.25) is 0 Å². The van der Waals surface area contributed by atoms with Crippen molar-refractivity contribution in [2.45, 2.75) is 4.90 Å².